The molecule has 3 fully saturated rings. The number of hydrogen-bond donors (Lipinski definition) is 2. The molecule has 2 N–H and O–H groups in total. The number of aliphatic imine (C=N–C) groups is 1. The zero-order valence-electron chi connectivity index (χ0n) is 14.1. The standard InChI is InChI=1S/C17H31N3O2/c1-18-16(20-14-11-13-5-6-15(14)22-13)19-12-17(9-10-21-2)7-3-4-8-17/h13-15H,3-12H2,1-2H3,(H2,18,19,20). The normalized spacial score (nSPS) is 33.4. The van der Waals surface area contributed by atoms with E-state index < -0.39 is 0 Å². The van der Waals surface area contributed by atoms with Crippen LogP contribution in [0.15, 0.2) is 4.99 Å². The monoisotopic (exact) mass is 309 g/mol. The molecule has 2 saturated heterocycles. The van der Waals surface area contributed by atoms with Crippen molar-refractivity contribution in [1.82, 2.24) is 10.6 Å². The van der Waals surface area contributed by atoms with Crippen LogP contribution in [0, 0.1) is 5.41 Å². The van der Waals surface area contributed by atoms with E-state index in [1.54, 1.807) is 7.11 Å². The first-order valence-corrected chi connectivity index (χ1v) is 8.86. The van der Waals surface area contributed by atoms with Crippen LogP contribution >= 0.6 is 0 Å². The van der Waals surface area contributed by atoms with Gasteiger partial charge in [0.2, 0.25) is 0 Å². The SMILES string of the molecule is CN=C(NCC1(CCOC)CCCC1)NC1CC2CCC1O2. The van der Waals surface area contributed by atoms with Crippen molar-refractivity contribution in [3.63, 3.8) is 0 Å². The van der Waals surface area contributed by atoms with Gasteiger partial charge in [-0.25, -0.2) is 0 Å². The highest BCUT2D eigenvalue weighted by Crippen LogP contribution is 2.40. The van der Waals surface area contributed by atoms with Crippen LogP contribution < -0.4 is 10.6 Å². The maximum absolute atomic E-state index is 5.92. The van der Waals surface area contributed by atoms with Crippen molar-refractivity contribution in [3.05, 3.63) is 0 Å². The molecular weight excluding hydrogens is 278 g/mol. The Balaban J connectivity index is 1.49. The Morgan fingerprint density at radius 3 is 2.73 bits per heavy atom. The first-order chi connectivity index (χ1) is 10.7. The predicted molar refractivity (Wildman–Crippen MR) is 88.2 cm³/mol. The minimum absolute atomic E-state index is 0.387. The van der Waals surface area contributed by atoms with Crippen molar-refractivity contribution in [2.75, 3.05) is 27.3 Å². The molecule has 1 aliphatic carbocycles. The summed E-state index contributed by atoms with van der Waals surface area (Å²) in [6, 6.07) is 0.434. The van der Waals surface area contributed by atoms with Crippen LogP contribution in [0.1, 0.15) is 51.4 Å². The number of nitrogens with one attached hydrogen (secondary N) is 2. The van der Waals surface area contributed by atoms with Crippen LogP contribution in [0.4, 0.5) is 0 Å². The summed E-state index contributed by atoms with van der Waals surface area (Å²) in [5.74, 6) is 0.935. The second kappa shape index (κ2) is 7.18. The number of rotatable bonds is 6. The number of guanidine groups is 1. The van der Waals surface area contributed by atoms with Gasteiger partial charge in [-0.05, 0) is 43.9 Å². The predicted octanol–water partition coefficient (Wildman–Crippen LogP) is 2.07. The zero-order chi connectivity index (χ0) is 15.4. The smallest absolute Gasteiger partial charge is 0.191 e. The minimum Gasteiger partial charge on any atom is -0.385 e. The Morgan fingerprint density at radius 1 is 1.32 bits per heavy atom. The highest BCUT2D eigenvalue weighted by molar-refractivity contribution is 5.80. The van der Waals surface area contributed by atoms with Gasteiger partial charge in [0.1, 0.15) is 0 Å². The van der Waals surface area contributed by atoms with Crippen molar-refractivity contribution in [1.29, 1.82) is 0 Å². The molecule has 2 aliphatic heterocycles. The molecule has 5 heteroatoms. The molecule has 0 aromatic carbocycles. The third-order valence-electron chi connectivity index (χ3n) is 5.78. The molecule has 0 spiro atoms. The van der Waals surface area contributed by atoms with Gasteiger partial charge in [0.15, 0.2) is 5.96 Å². The zero-order valence-corrected chi connectivity index (χ0v) is 14.1. The third-order valence-corrected chi connectivity index (χ3v) is 5.78. The van der Waals surface area contributed by atoms with Gasteiger partial charge in [-0.2, -0.15) is 0 Å². The summed E-state index contributed by atoms with van der Waals surface area (Å²) in [6.45, 7) is 1.85. The maximum Gasteiger partial charge on any atom is 0.191 e. The van der Waals surface area contributed by atoms with Crippen molar-refractivity contribution >= 4 is 5.96 Å². The average molecular weight is 309 g/mol. The van der Waals surface area contributed by atoms with Gasteiger partial charge in [-0.15, -0.1) is 0 Å². The summed E-state index contributed by atoms with van der Waals surface area (Å²) in [5.41, 5.74) is 0.388. The third kappa shape index (κ3) is 3.57. The highest BCUT2D eigenvalue weighted by Gasteiger charge is 2.41. The molecule has 3 aliphatic rings. The fraction of sp³-hybridized carbons (Fsp3) is 0.941. The van der Waals surface area contributed by atoms with Crippen molar-refractivity contribution in [2.24, 2.45) is 10.4 Å². The van der Waals surface area contributed by atoms with Gasteiger partial charge in [-0.1, -0.05) is 12.8 Å². The summed E-state index contributed by atoms with van der Waals surface area (Å²) in [4.78, 5) is 4.42. The van der Waals surface area contributed by atoms with Gasteiger partial charge in [0.05, 0.1) is 18.2 Å². The summed E-state index contributed by atoms with van der Waals surface area (Å²) in [6.07, 6.45) is 10.8. The van der Waals surface area contributed by atoms with E-state index in [4.69, 9.17) is 9.47 Å². The lowest BCUT2D eigenvalue weighted by Crippen LogP contribution is -2.49. The van der Waals surface area contributed by atoms with Gasteiger partial charge in [0, 0.05) is 27.3 Å². The van der Waals surface area contributed by atoms with Crippen LogP contribution in [0.25, 0.3) is 0 Å². The molecular formula is C17H31N3O2. The first-order valence-electron chi connectivity index (χ1n) is 8.86. The minimum atomic E-state index is 0.387. The number of nitrogens with zero attached hydrogens (tertiary/aromatic N) is 1. The van der Waals surface area contributed by atoms with Crippen LogP contribution in [-0.4, -0.2) is 51.5 Å². The lowest BCUT2D eigenvalue weighted by atomic mass is 9.83. The Morgan fingerprint density at radius 2 is 2.14 bits per heavy atom. The molecule has 0 radical (unpaired) electrons. The largest absolute Gasteiger partial charge is 0.385 e. The molecule has 126 valence electrons. The fourth-order valence-corrected chi connectivity index (χ4v) is 4.39. The first kappa shape index (κ1) is 16.1. The van der Waals surface area contributed by atoms with Gasteiger partial charge in [-0.3, -0.25) is 4.99 Å². The van der Waals surface area contributed by atoms with E-state index in [-0.39, 0.29) is 0 Å². The molecule has 0 aromatic heterocycles. The molecule has 3 atom stereocenters. The Bertz CT molecular complexity index is 393. The van der Waals surface area contributed by atoms with E-state index in [2.05, 4.69) is 15.6 Å². The molecule has 3 rings (SSSR count). The molecule has 3 unspecified atom stereocenters. The number of hydrogen-bond acceptors (Lipinski definition) is 3. The van der Waals surface area contributed by atoms with E-state index in [0.29, 0.717) is 23.7 Å². The van der Waals surface area contributed by atoms with E-state index >= 15 is 0 Å². The van der Waals surface area contributed by atoms with Crippen LogP contribution in [0.3, 0.4) is 0 Å². The van der Waals surface area contributed by atoms with E-state index in [9.17, 15) is 0 Å². The molecule has 22 heavy (non-hydrogen) atoms. The molecule has 2 heterocycles. The van der Waals surface area contributed by atoms with Crippen molar-refractivity contribution in [2.45, 2.75) is 69.6 Å². The van der Waals surface area contributed by atoms with Gasteiger partial charge < -0.3 is 20.1 Å². The van der Waals surface area contributed by atoms with E-state index in [1.165, 1.54) is 38.5 Å². The highest BCUT2D eigenvalue weighted by atomic mass is 16.5. The molecule has 2 bridgehead atoms. The topological polar surface area (TPSA) is 54.9 Å². The van der Waals surface area contributed by atoms with Crippen molar-refractivity contribution in [3.8, 4) is 0 Å². The number of methoxy groups -OCH3 is 1. The summed E-state index contributed by atoms with van der Waals surface area (Å²) in [5, 5.41) is 7.15. The van der Waals surface area contributed by atoms with Crippen LogP contribution in [0.5, 0.6) is 0 Å². The number of ether oxygens (including phenoxy) is 2. The van der Waals surface area contributed by atoms with Crippen molar-refractivity contribution < 1.29 is 9.47 Å². The lowest BCUT2D eigenvalue weighted by molar-refractivity contribution is 0.0991. The second-order valence-corrected chi connectivity index (χ2v) is 7.24. The van der Waals surface area contributed by atoms with Crippen LogP contribution in [0.2, 0.25) is 0 Å². The fourth-order valence-electron chi connectivity index (χ4n) is 4.39. The maximum atomic E-state index is 5.92. The molecule has 1 saturated carbocycles. The Hall–Kier alpha value is -0.810. The van der Waals surface area contributed by atoms with E-state index in [1.807, 2.05) is 7.05 Å². The molecule has 0 aromatic rings. The average Bonchev–Trinajstić information content (AvgIpc) is 3.26. The Kier molecular flexibility index (Phi) is 5.24. The van der Waals surface area contributed by atoms with Gasteiger partial charge >= 0.3 is 0 Å². The van der Waals surface area contributed by atoms with Gasteiger partial charge in [0.25, 0.3) is 0 Å². The Labute approximate surface area is 134 Å². The lowest BCUT2D eigenvalue weighted by Gasteiger charge is -2.31. The second-order valence-electron chi connectivity index (χ2n) is 7.24. The van der Waals surface area contributed by atoms with E-state index in [0.717, 1.165) is 32.0 Å². The summed E-state index contributed by atoms with van der Waals surface area (Å²) >= 11 is 0. The molecule has 5 nitrogen and oxygen atoms in total. The van der Waals surface area contributed by atoms with Crippen LogP contribution in [-0.2, 0) is 9.47 Å². The number of fused-ring (bicyclic) bond motifs is 2. The summed E-state index contributed by atoms with van der Waals surface area (Å²) in [7, 11) is 3.66. The molecule has 0 amide bonds. The quantitative estimate of drug-likeness (QED) is 0.582. The summed E-state index contributed by atoms with van der Waals surface area (Å²) < 4.78 is 11.2.